The monoisotopic (exact) mass is 250 g/mol. The molecule has 0 aliphatic heterocycles. The Morgan fingerprint density at radius 3 is 2.26 bits per heavy atom. The summed E-state index contributed by atoms with van der Waals surface area (Å²) in [4.78, 5) is 0. The van der Waals surface area contributed by atoms with Gasteiger partial charge in [-0.1, -0.05) is 72.8 Å². The predicted molar refractivity (Wildman–Crippen MR) is 79.0 cm³/mol. The molecule has 2 atom stereocenters. The minimum Gasteiger partial charge on any atom is -0.373 e. The van der Waals surface area contributed by atoms with Crippen LogP contribution in [0.3, 0.4) is 0 Å². The summed E-state index contributed by atoms with van der Waals surface area (Å²) in [6.45, 7) is 0. The summed E-state index contributed by atoms with van der Waals surface area (Å²) in [5.74, 6) is 0.485. The fourth-order valence-electron chi connectivity index (χ4n) is 2.62. The van der Waals surface area contributed by atoms with Crippen LogP contribution in [0.4, 0.5) is 0 Å². The van der Waals surface area contributed by atoms with Gasteiger partial charge in [-0.15, -0.1) is 0 Å². The van der Waals surface area contributed by atoms with Crippen molar-refractivity contribution in [3.8, 4) is 0 Å². The molecule has 1 aliphatic rings. The van der Waals surface area contributed by atoms with E-state index < -0.39 is 0 Å². The molecule has 2 aromatic rings. The van der Waals surface area contributed by atoms with Crippen LogP contribution in [0, 0.1) is 0 Å². The van der Waals surface area contributed by atoms with E-state index in [9.17, 15) is 0 Å². The fourth-order valence-corrected chi connectivity index (χ4v) is 2.62. The van der Waals surface area contributed by atoms with Gasteiger partial charge in [-0.25, -0.2) is 0 Å². The van der Waals surface area contributed by atoms with Crippen LogP contribution in [0.1, 0.15) is 23.5 Å². The van der Waals surface area contributed by atoms with Crippen molar-refractivity contribution >= 4 is 6.08 Å². The van der Waals surface area contributed by atoms with E-state index >= 15 is 0 Å². The van der Waals surface area contributed by atoms with Gasteiger partial charge in [0.25, 0.3) is 0 Å². The van der Waals surface area contributed by atoms with Crippen LogP contribution in [0.15, 0.2) is 66.7 Å². The van der Waals surface area contributed by atoms with Crippen molar-refractivity contribution in [2.24, 2.45) is 0 Å². The van der Waals surface area contributed by atoms with Gasteiger partial charge in [0.05, 0.1) is 5.60 Å². The first-order valence-electron chi connectivity index (χ1n) is 6.68. The highest BCUT2D eigenvalue weighted by molar-refractivity contribution is 5.53. The molecule has 96 valence electrons. The lowest BCUT2D eigenvalue weighted by molar-refractivity contribution is 0.116. The highest BCUT2D eigenvalue weighted by Crippen LogP contribution is 2.55. The van der Waals surface area contributed by atoms with E-state index in [1.54, 1.807) is 7.11 Å². The molecular weight excluding hydrogens is 232 g/mol. The molecule has 0 N–H and O–H groups in total. The molecule has 1 nitrogen and oxygen atoms in total. The first kappa shape index (κ1) is 12.2. The third-order valence-electron chi connectivity index (χ3n) is 3.89. The lowest BCUT2D eigenvalue weighted by atomic mass is 10.1. The van der Waals surface area contributed by atoms with Gasteiger partial charge in [-0.2, -0.15) is 0 Å². The van der Waals surface area contributed by atoms with E-state index in [1.165, 1.54) is 11.1 Å². The number of benzene rings is 2. The van der Waals surface area contributed by atoms with Gasteiger partial charge in [0, 0.05) is 13.0 Å². The minimum absolute atomic E-state index is 0.114. The maximum atomic E-state index is 5.75. The molecule has 0 heterocycles. The molecule has 19 heavy (non-hydrogen) atoms. The molecule has 1 fully saturated rings. The molecule has 0 bridgehead atoms. The van der Waals surface area contributed by atoms with Gasteiger partial charge in [-0.05, 0) is 17.5 Å². The number of rotatable bonds is 4. The zero-order chi connectivity index (χ0) is 13.1. The van der Waals surface area contributed by atoms with Gasteiger partial charge in [0.1, 0.15) is 0 Å². The molecule has 0 unspecified atom stereocenters. The Balaban J connectivity index is 1.78. The second kappa shape index (κ2) is 5.02. The first-order chi connectivity index (χ1) is 9.34. The summed E-state index contributed by atoms with van der Waals surface area (Å²) < 4.78 is 5.75. The van der Waals surface area contributed by atoms with E-state index in [2.05, 4.69) is 66.7 Å². The maximum Gasteiger partial charge on any atom is 0.0938 e. The van der Waals surface area contributed by atoms with Gasteiger partial charge in [0.15, 0.2) is 0 Å². The number of ether oxygens (including phenoxy) is 1. The molecule has 0 radical (unpaired) electrons. The molecule has 0 saturated heterocycles. The average Bonchev–Trinajstić information content (AvgIpc) is 3.23. The fraction of sp³-hybridized carbons (Fsp3) is 0.222. The smallest absolute Gasteiger partial charge is 0.0938 e. The van der Waals surface area contributed by atoms with Crippen molar-refractivity contribution in [2.45, 2.75) is 17.9 Å². The highest BCUT2D eigenvalue weighted by Gasteiger charge is 2.53. The molecule has 3 rings (SSSR count). The molecule has 2 aromatic carbocycles. The Bertz CT molecular complexity index is 559. The predicted octanol–water partition coefficient (Wildman–Crippen LogP) is 4.27. The first-order valence-corrected chi connectivity index (χ1v) is 6.68. The van der Waals surface area contributed by atoms with E-state index in [-0.39, 0.29) is 5.60 Å². The molecule has 1 aliphatic carbocycles. The van der Waals surface area contributed by atoms with Crippen LogP contribution in [-0.4, -0.2) is 12.7 Å². The van der Waals surface area contributed by atoms with Crippen LogP contribution in [0.5, 0.6) is 0 Å². The number of hydrogen-bond donors (Lipinski definition) is 0. The van der Waals surface area contributed by atoms with Crippen molar-refractivity contribution in [2.75, 3.05) is 7.11 Å². The standard InChI is InChI=1S/C18H18O/c1-19-18(13-12-15-8-4-2-5-9-15)14-17(18)16-10-6-3-7-11-16/h2-13,17H,14H2,1H3/b13-12+/t17-,18-/m0/s1. The average molecular weight is 250 g/mol. The van der Waals surface area contributed by atoms with Crippen molar-refractivity contribution < 1.29 is 4.74 Å². The lowest BCUT2D eigenvalue weighted by Crippen LogP contribution is -2.10. The Morgan fingerprint density at radius 2 is 1.63 bits per heavy atom. The van der Waals surface area contributed by atoms with E-state index in [1.807, 2.05) is 6.07 Å². The van der Waals surface area contributed by atoms with Crippen LogP contribution in [0.2, 0.25) is 0 Å². The van der Waals surface area contributed by atoms with E-state index in [0.29, 0.717) is 5.92 Å². The SMILES string of the molecule is CO[C@@]1(/C=C/c2ccccc2)C[C@H]1c1ccccc1. The quantitative estimate of drug-likeness (QED) is 0.787. The highest BCUT2D eigenvalue weighted by atomic mass is 16.5. The van der Waals surface area contributed by atoms with Crippen molar-refractivity contribution in [1.29, 1.82) is 0 Å². The Morgan fingerprint density at radius 1 is 1.00 bits per heavy atom. The van der Waals surface area contributed by atoms with Crippen molar-refractivity contribution in [3.63, 3.8) is 0 Å². The summed E-state index contributed by atoms with van der Waals surface area (Å²) in [6.07, 6.45) is 5.43. The van der Waals surface area contributed by atoms with Crippen molar-refractivity contribution in [1.82, 2.24) is 0 Å². The molecule has 0 amide bonds. The van der Waals surface area contributed by atoms with Crippen molar-refractivity contribution in [3.05, 3.63) is 77.9 Å². The molecule has 0 spiro atoms. The normalized spacial score (nSPS) is 25.6. The zero-order valence-electron chi connectivity index (χ0n) is 11.1. The summed E-state index contributed by atoms with van der Waals surface area (Å²) >= 11 is 0. The van der Waals surface area contributed by atoms with Crippen LogP contribution < -0.4 is 0 Å². The summed E-state index contributed by atoms with van der Waals surface area (Å²) in [5, 5.41) is 0. The second-order valence-electron chi connectivity index (χ2n) is 5.07. The van der Waals surface area contributed by atoms with Gasteiger partial charge in [0.2, 0.25) is 0 Å². The summed E-state index contributed by atoms with van der Waals surface area (Å²) in [7, 11) is 1.80. The zero-order valence-corrected chi connectivity index (χ0v) is 11.1. The van der Waals surface area contributed by atoms with Crippen LogP contribution in [-0.2, 0) is 4.74 Å². The number of hydrogen-bond acceptors (Lipinski definition) is 1. The van der Waals surface area contributed by atoms with Crippen LogP contribution >= 0.6 is 0 Å². The van der Waals surface area contributed by atoms with Crippen LogP contribution in [0.25, 0.3) is 6.08 Å². The minimum atomic E-state index is -0.114. The van der Waals surface area contributed by atoms with Gasteiger partial charge in [-0.3, -0.25) is 0 Å². The number of methoxy groups -OCH3 is 1. The molecule has 1 saturated carbocycles. The third-order valence-corrected chi connectivity index (χ3v) is 3.89. The van der Waals surface area contributed by atoms with Gasteiger partial charge < -0.3 is 4.74 Å². The lowest BCUT2D eigenvalue weighted by Gasteiger charge is -2.11. The Hall–Kier alpha value is -1.86. The molecule has 1 heteroatoms. The van der Waals surface area contributed by atoms with E-state index in [4.69, 9.17) is 4.74 Å². The summed E-state index contributed by atoms with van der Waals surface area (Å²) in [5.41, 5.74) is 2.47. The maximum absolute atomic E-state index is 5.75. The Kier molecular flexibility index (Phi) is 3.22. The molecular formula is C18H18O. The van der Waals surface area contributed by atoms with E-state index in [0.717, 1.165) is 6.42 Å². The summed E-state index contributed by atoms with van der Waals surface area (Å²) in [6, 6.07) is 21.0. The second-order valence-corrected chi connectivity index (χ2v) is 5.07. The topological polar surface area (TPSA) is 9.23 Å². The van der Waals surface area contributed by atoms with Gasteiger partial charge >= 0.3 is 0 Å². The Labute approximate surface area is 114 Å². The molecule has 0 aromatic heterocycles. The third kappa shape index (κ3) is 2.47. The largest absolute Gasteiger partial charge is 0.373 e.